The Bertz CT molecular complexity index is 1270. The Morgan fingerprint density at radius 3 is 2.36 bits per heavy atom. The van der Waals surface area contributed by atoms with Crippen molar-refractivity contribution in [2.45, 2.75) is 56.6 Å². The van der Waals surface area contributed by atoms with Gasteiger partial charge in [0.15, 0.2) is 5.78 Å². The molecule has 4 rings (SSSR count). The van der Waals surface area contributed by atoms with Crippen LogP contribution in [0.15, 0.2) is 48.5 Å². The molecule has 240 valence electrons. The number of hydrogen-bond donors (Lipinski definition) is 4. The summed E-state index contributed by atoms with van der Waals surface area (Å²) in [5.41, 5.74) is 0.680. The predicted molar refractivity (Wildman–Crippen MR) is 162 cm³/mol. The Kier molecular flexibility index (Phi) is 11.7. The SMILES string of the molecule is COc1ccc(C[C@H](NC(=O)[C@H](C)NC(=O)CN2CCOCC2)C(O)N[C@@H](Cc2ccccc2)C(=O)[C@@]2(C)CO2)c(OC)c1. The Labute approximate surface area is 258 Å². The number of hydrogen-bond acceptors (Lipinski definition) is 10. The highest BCUT2D eigenvalue weighted by molar-refractivity contribution is 5.94. The maximum Gasteiger partial charge on any atom is 0.242 e. The van der Waals surface area contributed by atoms with Crippen molar-refractivity contribution in [1.82, 2.24) is 20.9 Å². The molecule has 2 saturated heterocycles. The largest absolute Gasteiger partial charge is 0.497 e. The van der Waals surface area contributed by atoms with Crippen LogP contribution >= 0.6 is 0 Å². The van der Waals surface area contributed by atoms with Crippen LogP contribution < -0.4 is 25.4 Å². The molecular formula is C32H44N4O8. The van der Waals surface area contributed by atoms with Crippen LogP contribution in [0.1, 0.15) is 25.0 Å². The van der Waals surface area contributed by atoms with E-state index in [9.17, 15) is 19.5 Å². The van der Waals surface area contributed by atoms with Gasteiger partial charge in [0.1, 0.15) is 29.4 Å². The summed E-state index contributed by atoms with van der Waals surface area (Å²) in [6.45, 7) is 6.18. The number of nitrogens with one attached hydrogen (secondary N) is 3. The lowest BCUT2D eigenvalue weighted by Gasteiger charge is -2.31. The summed E-state index contributed by atoms with van der Waals surface area (Å²) in [7, 11) is 3.07. The highest BCUT2D eigenvalue weighted by atomic mass is 16.6. The summed E-state index contributed by atoms with van der Waals surface area (Å²) < 4.78 is 21.6. The predicted octanol–water partition coefficient (Wildman–Crippen LogP) is 0.445. The third kappa shape index (κ3) is 9.23. The molecular weight excluding hydrogens is 568 g/mol. The number of nitrogens with zero attached hydrogens (tertiary/aromatic N) is 1. The second-order valence-electron chi connectivity index (χ2n) is 11.4. The van der Waals surface area contributed by atoms with Gasteiger partial charge >= 0.3 is 0 Å². The first-order valence-electron chi connectivity index (χ1n) is 14.9. The summed E-state index contributed by atoms with van der Waals surface area (Å²) in [5.74, 6) is 0.150. The molecule has 0 aromatic heterocycles. The van der Waals surface area contributed by atoms with Gasteiger partial charge in [0.25, 0.3) is 0 Å². The average Bonchev–Trinajstić information content (AvgIpc) is 3.79. The molecule has 4 N–H and O–H groups in total. The average molecular weight is 613 g/mol. The Hall–Kier alpha value is -3.55. The molecule has 0 bridgehead atoms. The molecule has 2 aliphatic heterocycles. The van der Waals surface area contributed by atoms with E-state index in [2.05, 4.69) is 16.0 Å². The Morgan fingerprint density at radius 1 is 1.02 bits per heavy atom. The molecule has 2 amide bonds. The highest BCUT2D eigenvalue weighted by Gasteiger charge is 2.50. The number of carbonyl (C=O) groups is 3. The number of ether oxygens (including phenoxy) is 4. The van der Waals surface area contributed by atoms with E-state index >= 15 is 0 Å². The molecule has 5 atom stereocenters. The molecule has 0 spiro atoms. The quantitative estimate of drug-likeness (QED) is 0.155. The standard InChI is InChI=1S/C32H44N4O8/c1-21(33-28(37)19-36-12-14-43-15-13-36)30(39)35-26(17-23-10-11-24(41-3)18-27(23)42-4)31(40)34-25(29(38)32(2)20-44-32)16-22-8-6-5-7-9-22/h5-11,18,21,25-26,31,34,40H,12-17,19-20H2,1-4H3,(H,33,37)(H,35,39)/t21-,25-,26-,31?,32+/m0/s1. The second-order valence-corrected chi connectivity index (χ2v) is 11.4. The van der Waals surface area contributed by atoms with Crippen molar-refractivity contribution < 1.29 is 38.4 Å². The fourth-order valence-corrected chi connectivity index (χ4v) is 5.14. The van der Waals surface area contributed by atoms with E-state index < -0.39 is 35.9 Å². The summed E-state index contributed by atoms with van der Waals surface area (Å²) >= 11 is 0. The number of rotatable bonds is 16. The molecule has 0 saturated carbocycles. The molecule has 0 radical (unpaired) electrons. The lowest BCUT2D eigenvalue weighted by Crippen LogP contribution is -2.59. The van der Waals surface area contributed by atoms with Gasteiger partial charge in [-0.2, -0.15) is 0 Å². The van der Waals surface area contributed by atoms with Crippen LogP contribution in [0.4, 0.5) is 0 Å². The number of amides is 2. The number of Topliss-reactive ketones (excluding diaryl/α,β-unsaturated/α-hetero) is 1. The molecule has 2 heterocycles. The van der Waals surface area contributed by atoms with E-state index in [4.69, 9.17) is 18.9 Å². The van der Waals surface area contributed by atoms with Gasteiger partial charge in [0, 0.05) is 25.6 Å². The van der Waals surface area contributed by atoms with Crippen LogP contribution in [0.2, 0.25) is 0 Å². The summed E-state index contributed by atoms with van der Waals surface area (Å²) in [5, 5.41) is 20.3. The summed E-state index contributed by atoms with van der Waals surface area (Å²) in [4.78, 5) is 41.5. The maximum atomic E-state index is 13.5. The van der Waals surface area contributed by atoms with Crippen molar-refractivity contribution in [2.24, 2.45) is 0 Å². The normalized spacial score (nSPS) is 20.9. The number of benzene rings is 2. The number of carbonyl (C=O) groups excluding carboxylic acids is 3. The van der Waals surface area contributed by atoms with E-state index in [1.807, 2.05) is 35.2 Å². The molecule has 12 nitrogen and oxygen atoms in total. The first-order valence-corrected chi connectivity index (χ1v) is 14.9. The highest BCUT2D eigenvalue weighted by Crippen LogP contribution is 2.30. The molecule has 2 aliphatic rings. The zero-order chi connectivity index (χ0) is 31.7. The van der Waals surface area contributed by atoms with E-state index in [0.717, 1.165) is 5.56 Å². The first-order chi connectivity index (χ1) is 21.1. The van der Waals surface area contributed by atoms with Crippen molar-refractivity contribution in [3.8, 4) is 11.5 Å². The molecule has 12 heteroatoms. The van der Waals surface area contributed by atoms with E-state index in [1.54, 1.807) is 39.2 Å². The minimum Gasteiger partial charge on any atom is -0.497 e. The monoisotopic (exact) mass is 612 g/mol. The van der Waals surface area contributed by atoms with Gasteiger partial charge in [0.2, 0.25) is 11.8 Å². The van der Waals surface area contributed by atoms with Crippen LogP contribution in [-0.2, 0) is 36.7 Å². The molecule has 44 heavy (non-hydrogen) atoms. The van der Waals surface area contributed by atoms with Gasteiger partial charge in [0.05, 0.1) is 52.7 Å². The van der Waals surface area contributed by atoms with E-state index in [-0.39, 0.29) is 24.7 Å². The van der Waals surface area contributed by atoms with Gasteiger partial charge in [-0.25, -0.2) is 0 Å². The number of morpholine rings is 1. The fraction of sp³-hybridized carbons (Fsp3) is 0.531. The summed E-state index contributed by atoms with van der Waals surface area (Å²) in [6.07, 6.45) is -0.875. The van der Waals surface area contributed by atoms with Crippen molar-refractivity contribution >= 4 is 17.6 Å². The minimum absolute atomic E-state index is 0.154. The lowest BCUT2D eigenvalue weighted by atomic mass is 9.94. The minimum atomic E-state index is -1.35. The van der Waals surface area contributed by atoms with Gasteiger partial charge in [-0.15, -0.1) is 0 Å². The van der Waals surface area contributed by atoms with Crippen LogP contribution in [0.3, 0.4) is 0 Å². The van der Waals surface area contributed by atoms with Crippen molar-refractivity contribution in [3.63, 3.8) is 0 Å². The van der Waals surface area contributed by atoms with Crippen molar-refractivity contribution in [2.75, 3.05) is 53.7 Å². The van der Waals surface area contributed by atoms with E-state index in [1.165, 1.54) is 7.11 Å². The molecule has 2 aromatic carbocycles. The van der Waals surface area contributed by atoms with Crippen LogP contribution in [0.5, 0.6) is 11.5 Å². The zero-order valence-electron chi connectivity index (χ0n) is 25.8. The third-order valence-electron chi connectivity index (χ3n) is 7.95. The molecule has 1 unspecified atom stereocenters. The zero-order valence-corrected chi connectivity index (χ0v) is 25.8. The Morgan fingerprint density at radius 2 is 1.73 bits per heavy atom. The van der Waals surface area contributed by atoms with Crippen molar-refractivity contribution in [3.05, 3.63) is 59.7 Å². The third-order valence-corrected chi connectivity index (χ3v) is 7.95. The molecule has 2 aromatic rings. The maximum absolute atomic E-state index is 13.5. The summed E-state index contributed by atoms with van der Waals surface area (Å²) in [6, 6.07) is 12.2. The Balaban J connectivity index is 1.51. The van der Waals surface area contributed by atoms with Crippen LogP contribution in [0, 0.1) is 0 Å². The van der Waals surface area contributed by atoms with Crippen molar-refractivity contribution in [1.29, 1.82) is 0 Å². The lowest BCUT2D eigenvalue weighted by molar-refractivity contribution is -0.131. The van der Waals surface area contributed by atoms with Gasteiger partial charge in [-0.1, -0.05) is 36.4 Å². The van der Waals surface area contributed by atoms with Gasteiger partial charge in [-0.3, -0.25) is 24.6 Å². The number of epoxide rings is 1. The number of aliphatic hydroxyl groups excluding tert-OH is 1. The smallest absolute Gasteiger partial charge is 0.242 e. The number of ketones is 1. The van der Waals surface area contributed by atoms with E-state index in [0.29, 0.717) is 56.4 Å². The topological polar surface area (TPSA) is 151 Å². The van der Waals surface area contributed by atoms with Gasteiger partial charge in [-0.05, 0) is 37.5 Å². The molecule has 2 fully saturated rings. The van der Waals surface area contributed by atoms with Crippen LogP contribution in [0.25, 0.3) is 0 Å². The van der Waals surface area contributed by atoms with Gasteiger partial charge < -0.3 is 34.7 Å². The number of aliphatic hydroxyl groups is 1. The fourth-order valence-electron chi connectivity index (χ4n) is 5.14. The van der Waals surface area contributed by atoms with Crippen LogP contribution in [-0.4, -0.2) is 111 Å². The first kappa shape index (κ1) is 33.3. The molecule has 0 aliphatic carbocycles. The second kappa shape index (κ2) is 15.4. The number of methoxy groups -OCH3 is 2.